The number of carboxylic acids is 1. The molecule has 264 valence electrons. The number of likely N-dealkylation sites (tertiary alicyclic amines) is 2. The van der Waals surface area contributed by atoms with Crippen molar-refractivity contribution in [2.75, 3.05) is 45.9 Å². The molecule has 0 radical (unpaired) electrons. The molecule has 6 rings (SSSR count). The van der Waals surface area contributed by atoms with Gasteiger partial charge in [0.15, 0.2) is 11.6 Å². The topological polar surface area (TPSA) is 114 Å². The van der Waals surface area contributed by atoms with E-state index in [1.165, 1.54) is 16.8 Å². The van der Waals surface area contributed by atoms with Crippen molar-refractivity contribution >= 4 is 11.9 Å². The summed E-state index contributed by atoms with van der Waals surface area (Å²) < 4.78 is 61.0. The minimum atomic E-state index is -1.11. The molecule has 0 aromatic carbocycles. The maximum atomic E-state index is 14.1. The van der Waals surface area contributed by atoms with Gasteiger partial charge < -0.3 is 9.84 Å². The molecule has 1 N–H and O–H groups in total. The van der Waals surface area contributed by atoms with Crippen LogP contribution >= 0.6 is 0 Å². The smallest absolute Gasteiger partial charge is 0.329 e. The highest BCUT2D eigenvalue weighted by atomic mass is 19.1. The van der Waals surface area contributed by atoms with E-state index in [1.807, 2.05) is 9.80 Å². The monoisotopic (exact) mass is 680 g/mol. The van der Waals surface area contributed by atoms with Gasteiger partial charge in [-0.3, -0.25) is 28.5 Å². The zero-order chi connectivity index (χ0) is 34.5. The van der Waals surface area contributed by atoms with Crippen molar-refractivity contribution in [3.63, 3.8) is 0 Å². The van der Waals surface area contributed by atoms with Gasteiger partial charge in [-0.05, 0) is 67.7 Å². The summed E-state index contributed by atoms with van der Waals surface area (Å²) in [6.45, 7) is 4.64. The van der Waals surface area contributed by atoms with Crippen molar-refractivity contribution in [1.82, 2.24) is 18.9 Å². The van der Waals surface area contributed by atoms with Crippen LogP contribution in [0.5, 0.6) is 0 Å². The van der Waals surface area contributed by atoms with Crippen LogP contribution in [0, 0.1) is 23.5 Å². The third-order valence-electron chi connectivity index (χ3n) is 9.39. The zero-order valence-electron chi connectivity index (χ0n) is 27.2. The lowest BCUT2D eigenvalue weighted by atomic mass is 10.1. The quantitative estimate of drug-likeness (QED) is 0.224. The number of aromatic nitrogens is 2. The van der Waals surface area contributed by atoms with E-state index in [0.717, 1.165) is 36.3 Å². The predicted octanol–water partition coefficient (Wildman–Crippen LogP) is 3.70. The van der Waals surface area contributed by atoms with E-state index in [2.05, 4.69) is 0 Å². The van der Waals surface area contributed by atoms with E-state index in [4.69, 9.17) is 4.74 Å². The van der Waals surface area contributed by atoms with Crippen molar-refractivity contribution in [3.8, 4) is 0 Å². The number of carbonyl (C=O) groups is 2. The van der Waals surface area contributed by atoms with Gasteiger partial charge in [0.1, 0.15) is 24.4 Å². The van der Waals surface area contributed by atoms with Gasteiger partial charge in [0.25, 0.3) is 11.1 Å². The SMILES string of the molecule is CCOC(=O)C(CC1CC1)n1cc(CCN2CC(F)C2)cc(F)c1=O.O=C(O)C(CC1CC1)n1cc(CCN2CC(F)C2)cc(F)c1=O. The normalized spacial score (nSPS) is 19.9. The molecule has 2 atom stereocenters. The number of esters is 1. The highest BCUT2D eigenvalue weighted by Gasteiger charge is 2.34. The van der Waals surface area contributed by atoms with E-state index in [0.29, 0.717) is 87.9 Å². The van der Waals surface area contributed by atoms with Crippen LogP contribution in [0.2, 0.25) is 0 Å². The number of nitrogens with zero attached hydrogens (tertiary/aromatic N) is 4. The predicted molar refractivity (Wildman–Crippen MR) is 168 cm³/mol. The molecule has 2 saturated heterocycles. The van der Waals surface area contributed by atoms with Gasteiger partial charge in [0.2, 0.25) is 0 Å². The fourth-order valence-corrected chi connectivity index (χ4v) is 6.17. The van der Waals surface area contributed by atoms with E-state index in [9.17, 15) is 41.8 Å². The molecule has 0 bridgehead atoms. The first-order chi connectivity index (χ1) is 22.9. The largest absolute Gasteiger partial charge is 0.480 e. The Bertz CT molecular complexity index is 1560. The van der Waals surface area contributed by atoms with Crippen molar-refractivity contribution in [1.29, 1.82) is 0 Å². The highest BCUT2D eigenvalue weighted by molar-refractivity contribution is 5.74. The molecule has 2 aliphatic heterocycles. The van der Waals surface area contributed by atoms with Crippen LogP contribution in [0.15, 0.2) is 34.1 Å². The molecule has 0 amide bonds. The summed E-state index contributed by atoms with van der Waals surface area (Å²) in [7, 11) is 0. The molecule has 2 aromatic heterocycles. The summed E-state index contributed by atoms with van der Waals surface area (Å²) in [6.07, 6.45) is 7.20. The Balaban J connectivity index is 0.000000188. The maximum Gasteiger partial charge on any atom is 0.329 e. The minimum absolute atomic E-state index is 0.219. The number of halogens is 4. The van der Waals surface area contributed by atoms with E-state index >= 15 is 0 Å². The molecule has 14 heteroatoms. The summed E-state index contributed by atoms with van der Waals surface area (Å²) in [6, 6.07) is 0.559. The second kappa shape index (κ2) is 15.8. The summed E-state index contributed by atoms with van der Waals surface area (Å²) >= 11 is 0. The molecule has 2 saturated carbocycles. The molecule has 2 aromatic rings. The third kappa shape index (κ3) is 9.55. The first kappa shape index (κ1) is 35.8. The molecule has 48 heavy (non-hydrogen) atoms. The Morgan fingerprint density at radius 1 is 0.792 bits per heavy atom. The van der Waals surface area contributed by atoms with Crippen LogP contribution in [0.4, 0.5) is 17.6 Å². The maximum absolute atomic E-state index is 14.1. The van der Waals surface area contributed by atoms with Gasteiger partial charge >= 0.3 is 11.9 Å². The summed E-state index contributed by atoms with van der Waals surface area (Å²) in [4.78, 5) is 51.8. The summed E-state index contributed by atoms with van der Waals surface area (Å²) in [5.74, 6) is -2.71. The van der Waals surface area contributed by atoms with Gasteiger partial charge in [0, 0.05) is 51.7 Å². The van der Waals surface area contributed by atoms with Gasteiger partial charge in [-0.1, -0.05) is 25.7 Å². The molecule has 4 heterocycles. The number of hydrogen-bond acceptors (Lipinski definition) is 7. The van der Waals surface area contributed by atoms with Gasteiger partial charge in [-0.15, -0.1) is 0 Å². The van der Waals surface area contributed by atoms with Crippen LogP contribution < -0.4 is 11.1 Å². The second-order valence-electron chi connectivity index (χ2n) is 13.5. The summed E-state index contributed by atoms with van der Waals surface area (Å²) in [5.41, 5.74) is -0.499. The lowest BCUT2D eigenvalue weighted by Gasteiger charge is -2.34. The van der Waals surface area contributed by atoms with Crippen molar-refractivity contribution in [2.45, 2.75) is 82.7 Å². The Kier molecular flexibility index (Phi) is 11.8. The van der Waals surface area contributed by atoms with Crippen LogP contribution in [0.1, 0.15) is 68.7 Å². The molecule has 4 fully saturated rings. The Morgan fingerprint density at radius 3 is 1.58 bits per heavy atom. The standard InChI is InChI=1S/C18H24F2N2O3.C16H20F2N2O3/c1-2-25-18(24)16(8-12-3-4-12)22-9-13(7-15(20)17(22)23)5-6-21-10-14(19)11-21;17-12-8-19(9-12)4-3-11-5-13(18)15(21)20(7-11)14(16(22)23)6-10-1-2-10/h7,9,12,14,16H,2-6,8,10-11H2,1H3;5,7,10,12,14H,1-4,6,8-9H2,(H,22,23). The average molecular weight is 681 g/mol. The lowest BCUT2D eigenvalue weighted by Crippen LogP contribution is -2.49. The zero-order valence-corrected chi connectivity index (χ0v) is 27.2. The number of pyridine rings is 2. The summed E-state index contributed by atoms with van der Waals surface area (Å²) in [5, 5.41) is 9.37. The van der Waals surface area contributed by atoms with Gasteiger partial charge in [0.05, 0.1) is 6.61 Å². The van der Waals surface area contributed by atoms with Gasteiger partial charge in [-0.2, -0.15) is 0 Å². The van der Waals surface area contributed by atoms with E-state index in [-0.39, 0.29) is 6.61 Å². The van der Waals surface area contributed by atoms with Crippen molar-refractivity contribution in [3.05, 3.63) is 68.0 Å². The number of carboxylic acid groups (broad SMARTS) is 1. The van der Waals surface area contributed by atoms with E-state index < -0.39 is 59.1 Å². The number of aliphatic carboxylic acids is 1. The third-order valence-corrected chi connectivity index (χ3v) is 9.39. The number of hydrogen-bond donors (Lipinski definition) is 1. The molecule has 10 nitrogen and oxygen atoms in total. The molecule has 2 aliphatic carbocycles. The lowest BCUT2D eigenvalue weighted by molar-refractivity contribution is -0.147. The molecule has 4 aliphatic rings. The Morgan fingerprint density at radius 2 is 1.21 bits per heavy atom. The molecular formula is C34H44F4N4O6. The fourth-order valence-electron chi connectivity index (χ4n) is 6.17. The Hall–Kier alpha value is -3.52. The number of carbonyl (C=O) groups excluding carboxylic acids is 1. The van der Waals surface area contributed by atoms with Crippen molar-refractivity contribution in [2.24, 2.45) is 11.8 Å². The fraction of sp³-hybridized carbons (Fsp3) is 0.647. The van der Waals surface area contributed by atoms with Crippen LogP contribution in [-0.2, 0) is 27.2 Å². The Labute approximate surface area is 276 Å². The molecule has 2 unspecified atom stereocenters. The minimum Gasteiger partial charge on any atom is -0.480 e. The number of ether oxygens (including phenoxy) is 1. The first-order valence-electron chi connectivity index (χ1n) is 16.8. The number of alkyl halides is 2. The average Bonchev–Trinajstić information content (AvgIpc) is 3.94. The van der Waals surface area contributed by atoms with E-state index in [1.54, 1.807) is 13.1 Å². The van der Waals surface area contributed by atoms with Gasteiger partial charge in [-0.25, -0.2) is 27.2 Å². The van der Waals surface area contributed by atoms with Crippen molar-refractivity contribution < 1.29 is 37.0 Å². The second-order valence-corrected chi connectivity index (χ2v) is 13.5. The number of rotatable bonds is 15. The van der Waals surface area contributed by atoms with Crippen LogP contribution in [0.25, 0.3) is 0 Å². The highest BCUT2D eigenvalue weighted by Crippen LogP contribution is 2.37. The molecular weight excluding hydrogens is 636 g/mol. The molecule has 0 spiro atoms. The first-order valence-corrected chi connectivity index (χ1v) is 16.8. The van der Waals surface area contributed by atoms with Crippen LogP contribution in [-0.4, -0.2) is 94.2 Å². The van der Waals surface area contributed by atoms with Crippen LogP contribution in [0.3, 0.4) is 0 Å².